The Bertz CT molecular complexity index is 500. The van der Waals surface area contributed by atoms with Gasteiger partial charge in [0.1, 0.15) is 6.29 Å². The molecule has 0 aliphatic heterocycles. The number of rotatable bonds is 2. The van der Waals surface area contributed by atoms with Crippen molar-refractivity contribution in [3.8, 4) is 0 Å². The van der Waals surface area contributed by atoms with Crippen LogP contribution in [0.25, 0.3) is 10.8 Å². The van der Waals surface area contributed by atoms with Gasteiger partial charge in [-0.25, -0.2) is 0 Å². The number of hydrogen-bond donors (Lipinski definition) is 0. The van der Waals surface area contributed by atoms with Crippen LogP contribution in [-0.2, 0) is 4.79 Å². The Morgan fingerprint density at radius 1 is 1.07 bits per heavy atom. The Kier molecular flexibility index (Phi) is 2.55. The average molecular weight is 198 g/mol. The molecule has 0 fully saturated rings. The van der Waals surface area contributed by atoms with Crippen LogP contribution in [0, 0.1) is 6.92 Å². The minimum atomic E-state index is -0.0319. The summed E-state index contributed by atoms with van der Waals surface area (Å²) in [6.07, 6.45) is 0.997. The molecule has 0 aliphatic carbocycles. The van der Waals surface area contributed by atoms with Crippen molar-refractivity contribution in [2.24, 2.45) is 0 Å². The first-order valence-electron chi connectivity index (χ1n) is 5.17. The lowest BCUT2D eigenvalue weighted by Crippen LogP contribution is -1.96. The van der Waals surface area contributed by atoms with E-state index in [1.807, 2.05) is 19.1 Å². The van der Waals surface area contributed by atoms with Crippen molar-refractivity contribution >= 4 is 17.1 Å². The molecule has 0 spiro atoms. The summed E-state index contributed by atoms with van der Waals surface area (Å²) < 4.78 is 0. The van der Waals surface area contributed by atoms with E-state index in [1.54, 1.807) is 0 Å². The van der Waals surface area contributed by atoms with Gasteiger partial charge in [-0.1, -0.05) is 43.3 Å². The molecule has 0 saturated heterocycles. The van der Waals surface area contributed by atoms with Gasteiger partial charge in [0, 0.05) is 5.92 Å². The largest absolute Gasteiger partial charge is 0.303 e. The van der Waals surface area contributed by atoms with Crippen molar-refractivity contribution in [2.75, 3.05) is 0 Å². The molecule has 0 bridgehead atoms. The van der Waals surface area contributed by atoms with E-state index < -0.39 is 0 Å². The predicted molar refractivity (Wildman–Crippen MR) is 63.2 cm³/mol. The topological polar surface area (TPSA) is 17.1 Å². The van der Waals surface area contributed by atoms with Crippen LogP contribution < -0.4 is 0 Å². The fourth-order valence-electron chi connectivity index (χ4n) is 1.94. The summed E-state index contributed by atoms with van der Waals surface area (Å²) in [6.45, 7) is 4.03. The van der Waals surface area contributed by atoms with Gasteiger partial charge in [0.15, 0.2) is 0 Å². The second-order valence-electron chi connectivity index (χ2n) is 3.94. The third kappa shape index (κ3) is 1.65. The zero-order chi connectivity index (χ0) is 10.8. The van der Waals surface area contributed by atoms with Crippen LogP contribution in [0.1, 0.15) is 24.0 Å². The molecular formula is C14H14O. The number of benzene rings is 2. The summed E-state index contributed by atoms with van der Waals surface area (Å²) in [7, 11) is 0. The van der Waals surface area contributed by atoms with E-state index in [1.165, 1.54) is 16.3 Å². The standard InChI is InChI=1S/C14H14O/c1-10-7-8-13(11(2)9-15)14-6-4-3-5-12(10)14/h3-9,11H,1-2H3/t11-/m0/s1. The first kappa shape index (κ1) is 9.91. The third-order valence-electron chi connectivity index (χ3n) is 2.87. The highest BCUT2D eigenvalue weighted by molar-refractivity contribution is 5.90. The first-order chi connectivity index (χ1) is 7.24. The molecule has 0 radical (unpaired) electrons. The molecule has 2 rings (SSSR count). The Morgan fingerprint density at radius 3 is 2.40 bits per heavy atom. The lowest BCUT2D eigenvalue weighted by molar-refractivity contribution is -0.108. The van der Waals surface area contributed by atoms with Gasteiger partial charge in [0.2, 0.25) is 0 Å². The highest BCUT2D eigenvalue weighted by Crippen LogP contribution is 2.26. The van der Waals surface area contributed by atoms with Crippen molar-refractivity contribution in [3.05, 3.63) is 47.5 Å². The molecule has 0 N–H and O–H groups in total. The van der Waals surface area contributed by atoms with E-state index in [4.69, 9.17) is 0 Å². The molecule has 1 nitrogen and oxygen atoms in total. The molecule has 1 heteroatoms. The van der Waals surface area contributed by atoms with Crippen LogP contribution in [0.15, 0.2) is 36.4 Å². The SMILES string of the molecule is Cc1ccc([C@@H](C)C=O)c2ccccc12. The minimum absolute atomic E-state index is 0.0319. The monoisotopic (exact) mass is 198 g/mol. The van der Waals surface area contributed by atoms with Crippen molar-refractivity contribution < 1.29 is 4.79 Å². The highest BCUT2D eigenvalue weighted by Gasteiger charge is 2.08. The highest BCUT2D eigenvalue weighted by atomic mass is 16.1. The molecule has 0 unspecified atom stereocenters. The lowest BCUT2D eigenvalue weighted by Gasteiger charge is -2.10. The second-order valence-corrected chi connectivity index (χ2v) is 3.94. The van der Waals surface area contributed by atoms with Crippen molar-refractivity contribution in [1.29, 1.82) is 0 Å². The van der Waals surface area contributed by atoms with E-state index in [2.05, 4.69) is 31.2 Å². The lowest BCUT2D eigenvalue weighted by atomic mass is 9.93. The summed E-state index contributed by atoms with van der Waals surface area (Å²) in [5.74, 6) is -0.0319. The molecule has 1 atom stereocenters. The molecule has 0 heterocycles. The Balaban J connectivity index is 2.77. The Hall–Kier alpha value is -1.63. The quantitative estimate of drug-likeness (QED) is 0.675. The number of fused-ring (bicyclic) bond motifs is 1. The maximum absolute atomic E-state index is 10.8. The van der Waals surface area contributed by atoms with Crippen molar-refractivity contribution in [1.82, 2.24) is 0 Å². The van der Waals surface area contributed by atoms with Gasteiger partial charge in [-0.2, -0.15) is 0 Å². The van der Waals surface area contributed by atoms with Gasteiger partial charge in [0.05, 0.1) is 0 Å². The zero-order valence-corrected chi connectivity index (χ0v) is 9.03. The Labute approximate surface area is 89.7 Å². The third-order valence-corrected chi connectivity index (χ3v) is 2.87. The maximum Gasteiger partial charge on any atom is 0.127 e. The molecular weight excluding hydrogens is 184 g/mol. The van der Waals surface area contributed by atoms with E-state index in [0.29, 0.717) is 0 Å². The fourth-order valence-corrected chi connectivity index (χ4v) is 1.94. The van der Waals surface area contributed by atoms with E-state index >= 15 is 0 Å². The number of aryl methyl sites for hydroxylation is 1. The van der Waals surface area contributed by atoms with Crippen LogP contribution in [0.5, 0.6) is 0 Å². The van der Waals surface area contributed by atoms with Gasteiger partial charge in [0.25, 0.3) is 0 Å². The number of carbonyl (C=O) groups is 1. The van der Waals surface area contributed by atoms with E-state index in [9.17, 15) is 4.79 Å². The number of carbonyl (C=O) groups excluding carboxylic acids is 1. The van der Waals surface area contributed by atoms with Gasteiger partial charge in [-0.15, -0.1) is 0 Å². The van der Waals surface area contributed by atoms with Gasteiger partial charge >= 0.3 is 0 Å². The van der Waals surface area contributed by atoms with Gasteiger partial charge in [-0.3, -0.25) is 0 Å². The molecule has 0 aromatic heterocycles. The molecule has 2 aromatic rings. The number of aldehydes is 1. The summed E-state index contributed by atoms with van der Waals surface area (Å²) in [6, 6.07) is 12.4. The van der Waals surface area contributed by atoms with Crippen LogP contribution in [-0.4, -0.2) is 6.29 Å². The predicted octanol–water partition coefficient (Wildman–Crippen LogP) is 3.45. The minimum Gasteiger partial charge on any atom is -0.303 e. The molecule has 0 aliphatic rings. The molecule has 2 aromatic carbocycles. The van der Waals surface area contributed by atoms with Gasteiger partial charge in [-0.05, 0) is 28.8 Å². The molecule has 0 amide bonds. The van der Waals surface area contributed by atoms with Crippen molar-refractivity contribution in [2.45, 2.75) is 19.8 Å². The van der Waals surface area contributed by atoms with Crippen LogP contribution in [0.3, 0.4) is 0 Å². The normalized spacial score (nSPS) is 12.7. The first-order valence-corrected chi connectivity index (χ1v) is 5.17. The van der Waals surface area contributed by atoms with Gasteiger partial charge < -0.3 is 4.79 Å². The Morgan fingerprint density at radius 2 is 1.73 bits per heavy atom. The van der Waals surface area contributed by atoms with Crippen LogP contribution in [0.4, 0.5) is 0 Å². The number of hydrogen-bond acceptors (Lipinski definition) is 1. The van der Waals surface area contributed by atoms with Crippen LogP contribution >= 0.6 is 0 Å². The summed E-state index contributed by atoms with van der Waals surface area (Å²) >= 11 is 0. The molecule has 0 saturated carbocycles. The van der Waals surface area contributed by atoms with Crippen LogP contribution in [0.2, 0.25) is 0 Å². The summed E-state index contributed by atoms with van der Waals surface area (Å²) in [5.41, 5.74) is 2.37. The zero-order valence-electron chi connectivity index (χ0n) is 9.03. The average Bonchev–Trinajstić information content (AvgIpc) is 2.29. The van der Waals surface area contributed by atoms with E-state index in [0.717, 1.165) is 11.8 Å². The maximum atomic E-state index is 10.8. The summed E-state index contributed by atoms with van der Waals surface area (Å²) in [4.78, 5) is 10.8. The second kappa shape index (κ2) is 3.85. The molecule has 15 heavy (non-hydrogen) atoms. The summed E-state index contributed by atoms with van der Waals surface area (Å²) in [5, 5.41) is 2.43. The van der Waals surface area contributed by atoms with E-state index in [-0.39, 0.29) is 5.92 Å². The molecule has 76 valence electrons. The fraction of sp³-hybridized carbons (Fsp3) is 0.214. The van der Waals surface area contributed by atoms with Crippen molar-refractivity contribution in [3.63, 3.8) is 0 Å². The smallest absolute Gasteiger partial charge is 0.127 e.